The minimum atomic E-state index is -0.626. The molecule has 0 saturated carbocycles. The lowest BCUT2D eigenvalue weighted by atomic mass is 10.0. The van der Waals surface area contributed by atoms with Gasteiger partial charge in [-0.15, -0.1) is 0 Å². The summed E-state index contributed by atoms with van der Waals surface area (Å²) in [5, 5.41) is 0.104. The predicted molar refractivity (Wildman–Crippen MR) is 65.7 cm³/mol. The van der Waals surface area contributed by atoms with Gasteiger partial charge in [-0.05, 0) is 36.4 Å². The van der Waals surface area contributed by atoms with Crippen LogP contribution in [0, 0.1) is 5.82 Å². The molecule has 0 fully saturated rings. The number of halogens is 2. The van der Waals surface area contributed by atoms with Crippen LogP contribution in [0.15, 0.2) is 42.5 Å². The van der Waals surface area contributed by atoms with Gasteiger partial charge >= 0.3 is 0 Å². The monoisotopic (exact) mass is 249 g/mol. The Morgan fingerprint density at radius 1 is 1.12 bits per heavy atom. The summed E-state index contributed by atoms with van der Waals surface area (Å²) in [5.41, 5.74) is 6.30. The molecular weight excluding hydrogens is 241 g/mol. The Labute approximate surface area is 103 Å². The number of anilines is 1. The van der Waals surface area contributed by atoms with Crippen LogP contribution in [-0.4, -0.2) is 5.78 Å². The molecule has 0 aliphatic rings. The molecule has 0 aliphatic carbocycles. The van der Waals surface area contributed by atoms with Crippen molar-refractivity contribution in [3.63, 3.8) is 0 Å². The predicted octanol–water partition coefficient (Wildman–Crippen LogP) is 3.29. The fourth-order valence-electron chi connectivity index (χ4n) is 1.49. The zero-order valence-corrected chi connectivity index (χ0v) is 9.54. The maximum Gasteiger partial charge on any atom is 0.197 e. The quantitative estimate of drug-likeness (QED) is 0.656. The molecule has 2 rings (SSSR count). The van der Waals surface area contributed by atoms with E-state index in [0.29, 0.717) is 11.3 Å². The summed E-state index contributed by atoms with van der Waals surface area (Å²) in [7, 11) is 0. The van der Waals surface area contributed by atoms with Crippen molar-refractivity contribution in [2.24, 2.45) is 0 Å². The molecule has 0 heterocycles. The van der Waals surface area contributed by atoms with Gasteiger partial charge in [0.2, 0.25) is 0 Å². The van der Waals surface area contributed by atoms with Crippen molar-refractivity contribution in [3.05, 3.63) is 64.4 Å². The van der Waals surface area contributed by atoms with E-state index in [9.17, 15) is 9.18 Å². The average Bonchev–Trinajstić information content (AvgIpc) is 2.29. The molecule has 0 aliphatic heterocycles. The van der Waals surface area contributed by atoms with E-state index in [0.717, 1.165) is 0 Å². The molecule has 17 heavy (non-hydrogen) atoms. The largest absolute Gasteiger partial charge is 0.399 e. The van der Waals surface area contributed by atoms with Crippen LogP contribution in [0.4, 0.5) is 10.1 Å². The minimum Gasteiger partial charge on any atom is -0.399 e. The highest BCUT2D eigenvalue weighted by molar-refractivity contribution is 6.35. The second-order valence-corrected chi connectivity index (χ2v) is 3.95. The molecule has 0 radical (unpaired) electrons. The summed E-state index contributed by atoms with van der Waals surface area (Å²) < 4.78 is 13.5. The van der Waals surface area contributed by atoms with Gasteiger partial charge in [0.1, 0.15) is 5.82 Å². The van der Waals surface area contributed by atoms with Gasteiger partial charge in [0.05, 0.1) is 10.6 Å². The number of nitrogen functional groups attached to an aromatic ring is 1. The molecule has 4 heteroatoms. The highest BCUT2D eigenvalue weighted by atomic mass is 35.5. The third-order valence-electron chi connectivity index (χ3n) is 2.36. The Morgan fingerprint density at radius 2 is 1.76 bits per heavy atom. The van der Waals surface area contributed by atoms with Gasteiger partial charge in [-0.25, -0.2) is 4.39 Å². The standard InChI is InChI=1S/C13H9ClFNO/c14-10-2-1-3-11(15)12(10)13(17)8-4-6-9(16)7-5-8/h1-7H,16H2. The van der Waals surface area contributed by atoms with Gasteiger partial charge in [-0.3, -0.25) is 4.79 Å². The van der Waals surface area contributed by atoms with Crippen LogP contribution in [0.2, 0.25) is 5.02 Å². The fourth-order valence-corrected chi connectivity index (χ4v) is 1.74. The smallest absolute Gasteiger partial charge is 0.197 e. The van der Waals surface area contributed by atoms with Gasteiger partial charge in [-0.1, -0.05) is 17.7 Å². The van der Waals surface area contributed by atoms with Crippen molar-refractivity contribution in [2.75, 3.05) is 5.73 Å². The average molecular weight is 250 g/mol. The molecule has 0 saturated heterocycles. The zero-order chi connectivity index (χ0) is 12.4. The van der Waals surface area contributed by atoms with Crippen LogP contribution in [0.5, 0.6) is 0 Å². The Bertz CT molecular complexity index is 546. The third-order valence-corrected chi connectivity index (χ3v) is 2.68. The Kier molecular flexibility index (Phi) is 3.11. The van der Waals surface area contributed by atoms with Crippen molar-refractivity contribution < 1.29 is 9.18 Å². The molecule has 0 amide bonds. The van der Waals surface area contributed by atoms with Gasteiger partial charge in [0.15, 0.2) is 5.78 Å². The molecule has 86 valence electrons. The zero-order valence-electron chi connectivity index (χ0n) is 8.78. The van der Waals surface area contributed by atoms with Crippen LogP contribution >= 0.6 is 11.6 Å². The summed E-state index contributed by atoms with van der Waals surface area (Å²) in [5.74, 6) is -1.08. The summed E-state index contributed by atoms with van der Waals surface area (Å²) in [6.07, 6.45) is 0. The van der Waals surface area contributed by atoms with Crippen molar-refractivity contribution >= 4 is 23.1 Å². The fraction of sp³-hybridized carbons (Fsp3) is 0. The SMILES string of the molecule is Nc1ccc(C(=O)c2c(F)cccc2Cl)cc1. The van der Waals surface area contributed by atoms with E-state index in [1.165, 1.54) is 18.2 Å². The van der Waals surface area contributed by atoms with Gasteiger partial charge in [-0.2, -0.15) is 0 Å². The van der Waals surface area contributed by atoms with Gasteiger partial charge in [0, 0.05) is 11.3 Å². The Hall–Kier alpha value is -1.87. The topological polar surface area (TPSA) is 43.1 Å². The van der Waals surface area contributed by atoms with Crippen molar-refractivity contribution in [1.82, 2.24) is 0 Å². The van der Waals surface area contributed by atoms with Crippen LogP contribution in [-0.2, 0) is 0 Å². The third kappa shape index (κ3) is 2.29. The first kappa shape index (κ1) is 11.6. The summed E-state index contributed by atoms with van der Waals surface area (Å²) in [6, 6.07) is 10.4. The minimum absolute atomic E-state index is 0.104. The number of ketones is 1. The number of rotatable bonds is 2. The molecule has 2 aromatic carbocycles. The van der Waals surface area contributed by atoms with Crippen LogP contribution in [0.25, 0.3) is 0 Å². The first-order valence-corrected chi connectivity index (χ1v) is 5.31. The molecule has 0 aromatic heterocycles. The lowest BCUT2D eigenvalue weighted by molar-refractivity contribution is 0.103. The number of hydrogen-bond acceptors (Lipinski definition) is 2. The molecular formula is C13H9ClFNO. The molecule has 0 unspecified atom stereocenters. The molecule has 0 bridgehead atoms. The van der Waals surface area contributed by atoms with Crippen LogP contribution in [0.1, 0.15) is 15.9 Å². The number of carbonyl (C=O) groups is 1. The lowest BCUT2D eigenvalue weighted by Gasteiger charge is -2.05. The van der Waals surface area contributed by atoms with E-state index in [-0.39, 0.29) is 10.6 Å². The molecule has 0 atom stereocenters. The number of carbonyl (C=O) groups excluding carboxylic acids is 1. The maximum absolute atomic E-state index is 13.5. The van der Waals surface area contributed by atoms with Crippen LogP contribution in [0.3, 0.4) is 0 Å². The number of nitrogens with two attached hydrogens (primary N) is 1. The summed E-state index contributed by atoms with van der Waals surface area (Å²) in [6.45, 7) is 0. The Balaban J connectivity index is 2.47. The van der Waals surface area contributed by atoms with E-state index < -0.39 is 11.6 Å². The summed E-state index contributed by atoms with van der Waals surface area (Å²) in [4.78, 5) is 12.0. The highest BCUT2D eigenvalue weighted by Crippen LogP contribution is 2.22. The van der Waals surface area contributed by atoms with E-state index in [4.69, 9.17) is 17.3 Å². The lowest BCUT2D eigenvalue weighted by Crippen LogP contribution is -2.05. The Morgan fingerprint density at radius 3 is 2.35 bits per heavy atom. The molecule has 0 spiro atoms. The van der Waals surface area contributed by atoms with E-state index >= 15 is 0 Å². The van der Waals surface area contributed by atoms with Crippen LogP contribution < -0.4 is 5.73 Å². The first-order chi connectivity index (χ1) is 8.09. The second kappa shape index (κ2) is 4.55. The van der Waals surface area contributed by atoms with Crippen molar-refractivity contribution in [1.29, 1.82) is 0 Å². The number of benzene rings is 2. The highest BCUT2D eigenvalue weighted by Gasteiger charge is 2.17. The van der Waals surface area contributed by atoms with Crippen molar-refractivity contribution in [2.45, 2.75) is 0 Å². The maximum atomic E-state index is 13.5. The van der Waals surface area contributed by atoms with Crippen molar-refractivity contribution in [3.8, 4) is 0 Å². The second-order valence-electron chi connectivity index (χ2n) is 3.55. The first-order valence-electron chi connectivity index (χ1n) is 4.94. The number of hydrogen-bond donors (Lipinski definition) is 1. The van der Waals surface area contributed by atoms with E-state index in [2.05, 4.69) is 0 Å². The van der Waals surface area contributed by atoms with Gasteiger partial charge in [0.25, 0.3) is 0 Å². The molecule has 2 nitrogen and oxygen atoms in total. The molecule has 2 N–H and O–H groups in total. The summed E-state index contributed by atoms with van der Waals surface area (Å²) >= 11 is 5.82. The normalized spacial score (nSPS) is 10.2. The van der Waals surface area contributed by atoms with Gasteiger partial charge < -0.3 is 5.73 Å². The van der Waals surface area contributed by atoms with E-state index in [1.807, 2.05) is 0 Å². The van der Waals surface area contributed by atoms with E-state index in [1.54, 1.807) is 24.3 Å². The molecule has 2 aromatic rings.